The van der Waals surface area contributed by atoms with Crippen molar-refractivity contribution in [1.82, 2.24) is 0 Å². The minimum absolute atomic E-state index is 0.0333. The number of carboxylic acid groups (broad SMARTS) is 1. The largest absolute Gasteiger partial charge is 0.478 e. The van der Waals surface area contributed by atoms with E-state index in [2.05, 4.69) is 5.32 Å². The second-order valence-corrected chi connectivity index (χ2v) is 6.66. The van der Waals surface area contributed by atoms with E-state index in [1.807, 2.05) is 37.3 Å². The lowest BCUT2D eigenvalue weighted by Gasteiger charge is -2.13. The number of amides is 1. The number of carbonyl (C=O) groups excluding carboxylic acids is 1. The first kappa shape index (κ1) is 17.4. The Morgan fingerprint density at radius 2 is 1.91 bits per heavy atom. The van der Waals surface area contributed by atoms with Gasteiger partial charge in [0.25, 0.3) is 0 Å². The molecule has 0 bridgehead atoms. The minimum atomic E-state index is -1.13. The normalized spacial score (nSPS) is 11.7. The standard InChI is InChI=1S/C17H16ClNO3S/c1-11(23-10-12-5-3-2-4-6-12)16(20)19-13-7-8-15(18)14(9-13)17(21)22/h2-9,11H,10H2,1H3,(H,19,20)(H,21,22). The average molecular weight is 350 g/mol. The number of aromatic carboxylic acids is 1. The highest BCUT2D eigenvalue weighted by Gasteiger charge is 2.15. The van der Waals surface area contributed by atoms with Crippen LogP contribution in [0.2, 0.25) is 5.02 Å². The number of halogens is 1. The van der Waals surface area contributed by atoms with E-state index in [1.54, 1.807) is 6.07 Å². The van der Waals surface area contributed by atoms with Gasteiger partial charge in [0.2, 0.25) is 5.91 Å². The molecule has 0 saturated heterocycles. The van der Waals surface area contributed by atoms with Crippen LogP contribution in [0.3, 0.4) is 0 Å². The highest BCUT2D eigenvalue weighted by atomic mass is 35.5. The Morgan fingerprint density at radius 1 is 1.22 bits per heavy atom. The molecule has 23 heavy (non-hydrogen) atoms. The molecular weight excluding hydrogens is 334 g/mol. The number of hydrogen-bond acceptors (Lipinski definition) is 3. The molecule has 120 valence electrons. The number of rotatable bonds is 6. The molecule has 6 heteroatoms. The topological polar surface area (TPSA) is 66.4 Å². The van der Waals surface area contributed by atoms with Gasteiger partial charge < -0.3 is 10.4 Å². The predicted octanol–water partition coefficient (Wildman–Crippen LogP) is 4.30. The van der Waals surface area contributed by atoms with Gasteiger partial charge in [0.05, 0.1) is 15.8 Å². The van der Waals surface area contributed by atoms with E-state index in [0.29, 0.717) is 5.69 Å². The Kier molecular flexibility index (Phi) is 6.07. The third-order valence-electron chi connectivity index (χ3n) is 3.18. The van der Waals surface area contributed by atoms with Crippen molar-refractivity contribution in [3.63, 3.8) is 0 Å². The molecule has 0 aliphatic heterocycles. The smallest absolute Gasteiger partial charge is 0.337 e. The van der Waals surface area contributed by atoms with Gasteiger partial charge in [-0.25, -0.2) is 4.79 Å². The van der Waals surface area contributed by atoms with Gasteiger partial charge in [-0.2, -0.15) is 0 Å². The maximum atomic E-state index is 12.2. The molecule has 1 atom stereocenters. The van der Waals surface area contributed by atoms with Crippen LogP contribution in [0.1, 0.15) is 22.8 Å². The van der Waals surface area contributed by atoms with E-state index >= 15 is 0 Å². The average Bonchev–Trinajstić information content (AvgIpc) is 2.55. The van der Waals surface area contributed by atoms with Crippen LogP contribution in [-0.2, 0) is 10.5 Å². The van der Waals surface area contributed by atoms with Gasteiger partial charge >= 0.3 is 5.97 Å². The van der Waals surface area contributed by atoms with Crippen LogP contribution in [0, 0.1) is 0 Å². The number of benzene rings is 2. The first-order valence-corrected chi connectivity index (χ1v) is 8.39. The van der Waals surface area contributed by atoms with Gasteiger partial charge in [0, 0.05) is 11.4 Å². The summed E-state index contributed by atoms with van der Waals surface area (Å²) in [5.74, 6) is -0.571. The zero-order valence-electron chi connectivity index (χ0n) is 12.5. The Bertz CT molecular complexity index is 706. The van der Waals surface area contributed by atoms with Crippen molar-refractivity contribution in [2.75, 3.05) is 5.32 Å². The molecule has 0 aromatic heterocycles. The highest BCUT2D eigenvalue weighted by molar-refractivity contribution is 7.99. The summed E-state index contributed by atoms with van der Waals surface area (Å²) in [6, 6.07) is 14.3. The van der Waals surface area contributed by atoms with Crippen LogP contribution in [0.4, 0.5) is 5.69 Å². The lowest BCUT2D eigenvalue weighted by atomic mass is 10.2. The van der Waals surface area contributed by atoms with Crippen molar-refractivity contribution in [3.05, 3.63) is 64.7 Å². The zero-order chi connectivity index (χ0) is 16.8. The number of thioether (sulfide) groups is 1. The molecule has 0 aliphatic carbocycles. The van der Waals surface area contributed by atoms with Crippen LogP contribution in [-0.4, -0.2) is 22.2 Å². The van der Waals surface area contributed by atoms with Gasteiger partial charge in [-0.3, -0.25) is 4.79 Å². The van der Waals surface area contributed by atoms with Crippen LogP contribution in [0.15, 0.2) is 48.5 Å². The van der Waals surface area contributed by atoms with Crippen LogP contribution in [0.25, 0.3) is 0 Å². The van der Waals surface area contributed by atoms with E-state index in [9.17, 15) is 9.59 Å². The van der Waals surface area contributed by atoms with Crippen molar-refractivity contribution >= 4 is 40.9 Å². The summed E-state index contributed by atoms with van der Waals surface area (Å²) in [6.45, 7) is 1.82. The van der Waals surface area contributed by atoms with Crippen molar-refractivity contribution < 1.29 is 14.7 Å². The minimum Gasteiger partial charge on any atom is -0.478 e. The molecule has 0 aliphatic rings. The molecule has 2 aromatic rings. The maximum absolute atomic E-state index is 12.2. The molecule has 2 rings (SSSR count). The molecular formula is C17H16ClNO3S. The van der Waals surface area contributed by atoms with Gasteiger partial charge in [-0.15, -0.1) is 11.8 Å². The molecule has 4 nitrogen and oxygen atoms in total. The zero-order valence-corrected chi connectivity index (χ0v) is 14.0. The van der Waals surface area contributed by atoms with E-state index < -0.39 is 5.97 Å². The third-order valence-corrected chi connectivity index (χ3v) is 4.72. The van der Waals surface area contributed by atoms with E-state index in [4.69, 9.17) is 16.7 Å². The van der Waals surface area contributed by atoms with Crippen molar-refractivity contribution in [2.45, 2.75) is 17.9 Å². The Hall–Kier alpha value is -1.98. The number of carboxylic acids is 1. The molecule has 0 spiro atoms. The maximum Gasteiger partial charge on any atom is 0.337 e. The number of hydrogen-bond donors (Lipinski definition) is 2. The van der Waals surface area contributed by atoms with Crippen LogP contribution >= 0.6 is 23.4 Å². The number of carbonyl (C=O) groups is 2. The van der Waals surface area contributed by atoms with Crippen molar-refractivity contribution in [2.24, 2.45) is 0 Å². The molecule has 0 heterocycles. The molecule has 1 unspecified atom stereocenters. The fraction of sp³-hybridized carbons (Fsp3) is 0.176. The third kappa shape index (κ3) is 5.01. The summed E-state index contributed by atoms with van der Waals surface area (Å²) in [4.78, 5) is 23.2. The predicted molar refractivity (Wildman–Crippen MR) is 94.2 cm³/mol. The first-order chi connectivity index (χ1) is 11.0. The van der Waals surface area contributed by atoms with Gasteiger partial charge in [0.15, 0.2) is 0 Å². The number of anilines is 1. The fourth-order valence-corrected chi connectivity index (χ4v) is 2.93. The van der Waals surface area contributed by atoms with Crippen molar-refractivity contribution in [1.29, 1.82) is 0 Å². The summed E-state index contributed by atoms with van der Waals surface area (Å²) in [5, 5.41) is 11.6. The van der Waals surface area contributed by atoms with E-state index in [0.717, 1.165) is 11.3 Å². The lowest BCUT2D eigenvalue weighted by Crippen LogP contribution is -2.22. The van der Waals surface area contributed by atoms with E-state index in [1.165, 1.54) is 23.9 Å². The first-order valence-electron chi connectivity index (χ1n) is 6.96. The van der Waals surface area contributed by atoms with Crippen LogP contribution < -0.4 is 5.32 Å². The number of nitrogens with one attached hydrogen (secondary N) is 1. The summed E-state index contributed by atoms with van der Waals surface area (Å²) >= 11 is 7.33. The second-order valence-electron chi connectivity index (χ2n) is 4.93. The summed E-state index contributed by atoms with van der Waals surface area (Å²) < 4.78 is 0. The molecule has 0 saturated carbocycles. The van der Waals surface area contributed by atoms with Gasteiger partial charge in [0.1, 0.15) is 0 Å². The SMILES string of the molecule is CC(SCc1ccccc1)C(=O)Nc1ccc(Cl)c(C(=O)O)c1. The molecule has 0 fully saturated rings. The quantitative estimate of drug-likeness (QED) is 0.816. The molecule has 1 amide bonds. The molecule has 2 aromatic carbocycles. The highest BCUT2D eigenvalue weighted by Crippen LogP contribution is 2.23. The summed E-state index contributed by atoms with van der Waals surface area (Å²) in [7, 11) is 0. The Morgan fingerprint density at radius 3 is 2.57 bits per heavy atom. The summed E-state index contributed by atoms with van der Waals surface area (Å²) in [6.07, 6.45) is 0. The Balaban J connectivity index is 1.95. The molecule has 0 radical (unpaired) electrons. The van der Waals surface area contributed by atoms with Gasteiger partial charge in [-0.05, 0) is 30.7 Å². The Labute approximate surface area is 143 Å². The molecule has 2 N–H and O–H groups in total. The summed E-state index contributed by atoms with van der Waals surface area (Å²) in [5.41, 5.74) is 1.54. The van der Waals surface area contributed by atoms with Gasteiger partial charge in [-0.1, -0.05) is 41.9 Å². The van der Waals surface area contributed by atoms with Crippen molar-refractivity contribution in [3.8, 4) is 0 Å². The second kappa shape index (κ2) is 8.04. The lowest BCUT2D eigenvalue weighted by molar-refractivity contribution is -0.115. The van der Waals surface area contributed by atoms with Crippen LogP contribution in [0.5, 0.6) is 0 Å². The fourth-order valence-electron chi connectivity index (χ4n) is 1.88. The monoisotopic (exact) mass is 349 g/mol. The van der Waals surface area contributed by atoms with E-state index in [-0.39, 0.29) is 21.7 Å².